The van der Waals surface area contributed by atoms with Gasteiger partial charge in [-0.3, -0.25) is 15.2 Å². The van der Waals surface area contributed by atoms with Crippen LogP contribution in [0, 0.1) is 11.7 Å². The number of hydrazone groups is 1. The maximum Gasteiger partial charge on any atom is 0.433 e. The molecule has 68 heavy (non-hydrogen) atoms. The molecular formula is C46H50F7N9O5S. The van der Waals surface area contributed by atoms with Crippen molar-refractivity contribution in [2.45, 2.75) is 88.5 Å². The summed E-state index contributed by atoms with van der Waals surface area (Å²) < 4.78 is 102. The normalized spacial score (nSPS) is 20.1. The van der Waals surface area contributed by atoms with Crippen molar-refractivity contribution < 1.29 is 50.5 Å². The van der Waals surface area contributed by atoms with Crippen LogP contribution in [0.2, 0.25) is 0 Å². The number of hydrogen-bond donors (Lipinski definition) is 6. The Hall–Kier alpha value is -5.97. The molecule has 3 saturated heterocycles. The molecule has 0 spiro atoms. The summed E-state index contributed by atoms with van der Waals surface area (Å²) in [7, 11) is 1.48. The van der Waals surface area contributed by atoms with E-state index in [1.54, 1.807) is 17.0 Å². The number of aliphatic hydroxyl groups is 1. The third-order valence-corrected chi connectivity index (χ3v) is 12.5. The Labute approximate surface area is 390 Å². The number of nitrogens with zero attached hydrogens (tertiary/aromatic N) is 5. The predicted octanol–water partition coefficient (Wildman–Crippen LogP) is 7.46. The summed E-state index contributed by atoms with van der Waals surface area (Å²) >= 11 is 4.61. The Kier molecular flexibility index (Phi) is 15.2. The van der Waals surface area contributed by atoms with E-state index in [9.17, 15) is 46.1 Å². The highest BCUT2D eigenvalue weighted by Gasteiger charge is 2.40. The fraction of sp³-hybridized carbons (Fsp3) is 0.435. The van der Waals surface area contributed by atoms with E-state index in [2.05, 4.69) is 43.3 Å². The minimum Gasteiger partial charge on any atom is -0.492 e. The molecule has 7 N–H and O–H groups in total. The van der Waals surface area contributed by atoms with Crippen LogP contribution < -0.4 is 36.9 Å². The van der Waals surface area contributed by atoms with Crippen LogP contribution in [0.25, 0.3) is 21.8 Å². The van der Waals surface area contributed by atoms with Gasteiger partial charge in [-0.2, -0.15) is 31.4 Å². The molecule has 4 fully saturated rings. The molecule has 4 aliphatic rings. The number of benzene rings is 2. The van der Waals surface area contributed by atoms with Crippen molar-refractivity contribution in [2.75, 3.05) is 38.2 Å². The number of aromatic nitrogens is 3. The number of methoxy groups -OCH3 is 1. The fourth-order valence-corrected chi connectivity index (χ4v) is 9.04. The lowest BCUT2D eigenvalue weighted by atomic mass is 9.91. The van der Waals surface area contributed by atoms with Gasteiger partial charge < -0.3 is 40.8 Å². The third-order valence-electron chi connectivity index (χ3n) is 12.4. The van der Waals surface area contributed by atoms with Crippen LogP contribution in [0.1, 0.15) is 96.8 Å². The van der Waals surface area contributed by atoms with Gasteiger partial charge in [0.1, 0.15) is 16.9 Å². The van der Waals surface area contributed by atoms with E-state index in [0.29, 0.717) is 60.6 Å². The van der Waals surface area contributed by atoms with Crippen LogP contribution in [0.3, 0.4) is 0 Å². The number of fused-ring (bicyclic) bond motifs is 3. The number of alkyl halides is 6. The molecule has 1 saturated carbocycles. The molecular weight excluding hydrogens is 924 g/mol. The zero-order chi connectivity index (χ0) is 49.1. The van der Waals surface area contributed by atoms with Crippen LogP contribution >= 0.6 is 12.2 Å². The SMILES string of the molecule is C/C(=N\NC(N)=S)c1cccnc1.COc1c(N2C[C@@H]3CCCN[C@@H]3C2)c(F)cc2c(=O)c(C(=O)O)cn(C3CC3)c12.O[C@H](c1cc(C(F)(F)F)nc2c(C(F)(F)F)cccc12)[C@@H]1CCCCN1. The van der Waals surface area contributed by atoms with Gasteiger partial charge in [-0.05, 0) is 107 Å². The number of aromatic carboxylic acids is 1. The maximum absolute atomic E-state index is 15.3. The first kappa shape index (κ1) is 49.9. The van der Waals surface area contributed by atoms with Gasteiger partial charge in [-0.1, -0.05) is 24.6 Å². The van der Waals surface area contributed by atoms with Gasteiger partial charge in [-0.25, -0.2) is 14.2 Å². The third kappa shape index (κ3) is 11.1. The number of ether oxygens (including phenoxy) is 1. The van der Waals surface area contributed by atoms with Crippen molar-refractivity contribution in [1.29, 1.82) is 0 Å². The molecule has 4 atom stereocenters. The van der Waals surface area contributed by atoms with Crippen LogP contribution in [-0.2, 0) is 12.4 Å². The summed E-state index contributed by atoms with van der Waals surface area (Å²) in [5.41, 5.74) is 5.59. The van der Waals surface area contributed by atoms with Crippen LogP contribution in [-0.4, -0.2) is 86.9 Å². The summed E-state index contributed by atoms with van der Waals surface area (Å²) in [5.74, 6) is -1.07. The number of nitrogens with two attached hydrogens (primary N) is 1. The number of carboxylic acid groups (broad SMARTS) is 1. The number of pyridine rings is 3. The highest BCUT2D eigenvalue weighted by Crippen LogP contribution is 2.45. The highest BCUT2D eigenvalue weighted by molar-refractivity contribution is 7.80. The second-order valence-electron chi connectivity index (χ2n) is 17.0. The van der Waals surface area contributed by atoms with Gasteiger partial charge in [0, 0.05) is 60.8 Å². The average Bonchev–Trinajstić information content (AvgIpc) is 4.07. The molecule has 364 valence electrons. The predicted molar refractivity (Wildman–Crippen MR) is 245 cm³/mol. The number of para-hydroxylation sites is 1. The Morgan fingerprint density at radius 3 is 2.35 bits per heavy atom. The van der Waals surface area contributed by atoms with Gasteiger partial charge in [0.15, 0.2) is 16.7 Å². The van der Waals surface area contributed by atoms with Crippen molar-refractivity contribution in [3.8, 4) is 5.75 Å². The Morgan fingerprint density at radius 2 is 1.75 bits per heavy atom. The van der Waals surface area contributed by atoms with Crippen molar-refractivity contribution in [1.82, 2.24) is 30.6 Å². The lowest BCUT2D eigenvalue weighted by Crippen LogP contribution is -2.40. The van der Waals surface area contributed by atoms with Crippen molar-refractivity contribution in [3.05, 3.63) is 105 Å². The molecule has 1 aliphatic carbocycles. The number of aliphatic hydroxyl groups excluding tert-OH is 1. The first-order valence-electron chi connectivity index (χ1n) is 21.9. The largest absolute Gasteiger partial charge is 0.492 e. The quantitative estimate of drug-likeness (QED) is 0.0389. The molecule has 5 aromatic rings. The van der Waals surface area contributed by atoms with Gasteiger partial charge in [0.25, 0.3) is 0 Å². The highest BCUT2D eigenvalue weighted by atomic mass is 32.1. The van der Waals surface area contributed by atoms with Crippen molar-refractivity contribution >= 4 is 56.5 Å². The summed E-state index contributed by atoms with van der Waals surface area (Å²) in [6.45, 7) is 4.83. The number of halogens is 7. The van der Waals surface area contributed by atoms with E-state index in [1.807, 2.05) is 24.0 Å². The molecule has 14 nitrogen and oxygen atoms in total. The van der Waals surface area contributed by atoms with Crippen LogP contribution in [0.5, 0.6) is 5.75 Å². The fourth-order valence-electron chi connectivity index (χ4n) is 8.99. The first-order chi connectivity index (χ1) is 32.3. The summed E-state index contributed by atoms with van der Waals surface area (Å²) in [5, 5.41) is 30.6. The monoisotopic (exact) mass is 973 g/mol. The number of hydrogen-bond acceptors (Lipinski definition) is 11. The van der Waals surface area contributed by atoms with E-state index >= 15 is 4.39 Å². The molecule has 6 heterocycles. The number of nitrogens with one attached hydrogen (secondary N) is 3. The number of thiocarbonyl (C=S) groups is 1. The Balaban J connectivity index is 0.000000162. The lowest BCUT2D eigenvalue weighted by molar-refractivity contribution is -0.142. The lowest BCUT2D eigenvalue weighted by Gasteiger charge is -2.29. The molecule has 22 heteroatoms. The summed E-state index contributed by atoms with van der Waals surface area (Å²) in [4.78, 5) is 33.5. The standard InChI is InChI=1S/C21H24FN3O4.C17H16F6N2O.C8H10N4S/c1-29-20-17-13(19(26)14(21(27)28)9-25(17)12-4-5-12)7-15(22)18(20)24-8-11-3-2-6-23-16(11)10-24;18-16(19,20)11-5-3-4-9-10(15(26)12-6-1-2-7-24-12)8-13(17(21,22)23)25-14(9)11;1-6(11-12-8(9)13)7-3-2-4-10-5-7/h7,9,11-12,16,23H,2-6,8,10H2,1H3,(H,27,28);3-5,8,12,15,24,26H,1-2,6-7H2;2-5H,1H3,(H3,9,12,13)/b;;11-6+/t11-,16+;12-,15+;/m00./s1. The number of carbonyl (C=O) groups is 1. The van der Waals surface area contributed by atoms with Crippen molar-refractivity contribution in [3.63, 3.8) is 0 Å². The topological polar surface area (TPSA) is 192 Å². The number of carboxylic acids is 1. The van der Waals surface area contributed by atoms with Gasteiger partial charge >= 0.3 is 18.3 Å². The first-order valence-corrected chi connectivity index (χ1v) is 22.4. The minimum atomic E-state index is -4.93. The van der Waals surface area contributed by atoms with E-state index in [-0.39, 0.29) is 33.1 Å². The zero-order valence-corrected chi connectivity index (χ0v) is 37.7. The molecule has 0 amide bonds. The van der Waals surface area contributed by atoms with Gasteiger partial charge in [-0.15, -0.1) is 0 Å². The Bertz CT molecular complexity index is 2730. The number of anilines is 1. The summed E-state index contributed by atoms with van der Waals surface area (Å²) in [6, 6.07) is 8.52. The molecule has 3 aromatic heterocycles. The van der Waals surface area contributed by atoms with E-state index in [4.69, 9.17) is 10.5 Å². The maximum atomic E-state index is 15.3. The molecule has 0 radical (unpaired) electrons. The summed E-state index contributed by atoms with van der Waals surface area (Å²) in [6.07, 6.45) is -0.164. The van der Waals surface area contributed by atoms with Gasteiger partial charge in [0.2, 0.25) is 5.43 Å². The smallest absolute Gasteiger partial charge is 0.433 e. The second kappa shape index (κ2) is 20.7. The zero-order valence-electron chi connectivity index (χ0n) is 36.9. The second-order valence-corrected chi connectivity index (χ2v) is 17.5. The number of piperidine rings is 2. The number of rotatable bonds is 8. The molecule has 2 aromatic carbocycles. The van der Waals surface area contributed by atoms with E-state index in [1.165, 1.54) is 25.4 Å². The molecule has 0 unspecified atom stereocenters. The van der Waals surface area contributed by atoms with Crippen molar-refractivity contribution in [2.24, 2.45) is 16.8 Å². The van der Waals surface area contributed by atoms with E-state index in [0.717, 1.165) is 69.0 Å². The van der Waals surface area contributed by atoms with Gasteiger partial charge in [0.05, 0.1) is 40.9 Å². The average molecular weight is 974 g/mol. The van der Waals surface area contributed by atoms with E-state index < -0.39 is 58.5 Å². The molecule has 9 rings (SSSR count). The molecule has 0 bridgehead atoms. The van der Waals surface area contributed by atoms with Crippen LogP contribution in [0.4, 0.5) is 36.4 Å². The minimum absolute atomic E-state index is 0.0599. The Morgan fingerprint density at radius 1 is 1.00 bits per heavy atom. The molecule has 3 aliphatic heterocycles. The van der Waals surface area contributed by atoms with Crippen LogP contribution in [0.15, 0.2) is 71.0 Å².